The Morgan fingerprint density at radius 2 is 1.27 bits per heavy atom. The van der Waals surface area contributed by atoms with E-state index in [1.807, 2.05) is 0 Å². The van der Waals surface area contributed by atoms with Crippen LogP contribution in [0.25, 0.3) is 0 Å². The predicted molar refractivity (Wildman–Crippen MR) is 95.7 cm³/mol. The number of ether oxygens (including phenoxy) is 1. The van der Waals surface area contributed by atoms with Crippen LogP contribution in [0.15, 0.2) is 24.3 Å². The fourth-order valence-electron chi connectivity index (χ4n) is 5.90. The summed E-state index contributed by atoms with van der Waals surface area (Å²) in [7, 11) is 0. The molecule has 0 saturated heterocycles. The minimum Gasteiger partial charge on any atom is -0.486 e. The third kappa shape index (κ3) is 1.90. The highest BCUT2D eigenvalue weighted by Gasteiger charge is 2.63. The molecule has 1 aromatic rings. The number of benzene rings is 1. The van der Waals surface area contributed by atoms with Crippen LogP contribution in [0.1, 0.15) is 85.6 Å². The minimum absolute atomic E-state index is 0.0448. The zero-order valence-corrected chi connectivity index (χ0v) is 15.5. The van der Waals surface area contributed by atoms with Gasteiger partial charge >= 0.3 is 0 Å². The molecule has 1 aliphatic rings. The highest BCUT2D eigenvalue weighted by Crippen LogP contribution is 2.64. The Morgan fingerprint density at radius 1 is 0.727 bits per heavy atom. The summed E-state index contributed by atoms with van der Waals surface area (Å²) in [4.78, 5) is 0. The smallest absolute Gasteiger partial charge is 0.123 e. The summed E-state index contributed by atoms with van der Waals surface area (Å²) >= 11 is 0. The maximum absolute atomic E-state index is 6.77. The van der Waals surface area contributed by atoms with Gasteiger partial charge in [0.25, 0.3) is 0 Å². The van der Waals surface area contributed by atoms with Gasteiger partial charge in [-0.1, -0.05) is 59.7 Å². The summed E-state index contributed by atoms with van der Waals surface area (Å²) in [5.74, 6) is 1.13. The average molecular weight is 303 g/mol. The Labute approximate surface area is 137 Å². The average Bonchev–Trinajstić information content (AvgIpc) is 2.59. The van der Waals surface area contributed by atoms with Crippen LogP contribution in [0.5, 0.6) is 5.75 Å². The summed E-state index contributed by atoms with van der Waals surface area (Å²) in [6.07, 6.45) is 6.91. The SMILES string of the molecule is CCC1(CC)Oc2ccccc2C(CC)(CC)C1(CC)CC. The van der Waals surface area contributed by atoms with Crippen molar-refractivity contribution in [2.45, 2.75) is 91.1 Å². The van der Waals surface area contributed by atoms with E-state index in [0.717, 1.165) is 18.6 Å². The summed E-state index contributed by atoms with van der Waals surface area (Å²) in [6, 6.07) is 8.81. The van der Waals surface area contributed by atoms with Crippen molar-refractivity contribution < 1.29 is 4.74 Å². The fraction of sp³-hybridized carbons (Fsp3) is 0.714. The monoisotopic (exact) mass is 302 g/mol. The van der Waals surface area contributed by atoms with E-state index in [2.05, 4.69) is 65.8 Å². The molecule has 0 N–H and O–H groups in total. The second kappa shape index (κ2) is 6.26. The quantitative estimate of drug-likeness (QED) is 0.582. The molecular weight excluding hydrogens is 268 g/mol. The van der Waals surface area contributed by atoms with Crippen molar-refractivity contribution >= 4 is 0 Å². The van der Waals surface area contributed by atoms with Crippen molar-refractivity contribution in [3.63, 3.8) is 0 Å². The van der Waals surface area contributed by atoms with Crippen LogP contribution >= 0.6 is 0 Å². The van der Waals surface area contributed by atoms with E-state index in [0.29, 0.717) is 0 Å². The van der Waals surface area contributed by atoms with Crippen molar-refractivity contribution in [3.05, 3.63) is 29.8 Å². The van der Waals surface area contributed by atoms with Crippen molar-refractivity contribution in [3.8, 4) is 5.75 Å². The van der Waals surface area contributed by atoms with Crippen LogP contribution in [0.2, 0.25) is 0 Å². The number of fused-ring (bicyclic) bond motifs is 1. The van der Waals surface area contributed by atoms with E-state index in [4.69, 9.17) is 4.74 Å². The van der Waals surface area contributed by atoms with E-state index in [1.165, 1.54) is 31.2 Å². The lowest BCUT2D eigenvalue weighted by Gasteiger charge is -2.63. The molecule has 0 amide bonds. The van der Waals surface area contributed by atoms with Crippen LogP contribution in [0.3, 0.4) is 0 Å². The third-order valence-corrected chi connectivity index (χ3v) is 7.05. The molecule has 0 unspecified atom stereocenters. The van der Waals surface area contributed by atoms with E-state index in [9.17, 15) is 0 Å². The van der Waals surface area contributed by atoms with E-state index in [1.54, 1.807) is 0 Å². The van der Waals surface area contributed by atoms with Crippen LogP contribution < -0.4 is 4.74 Å². The van der Waals surface area contributed by atoms with E-state index >= 15 is 0 Å². The molecule has 1 heteroatoms. The highest BCUT2D eigenvalue weighted by molar-refractivity contribution is 5.46. The number of hydrogen-bond acceptors (Lipinski definition) is 1. The molecule has 22 heavy (non-hydrogen) atoms. The maximum atomic E-state index is 6.77. The molecular formula is C21H34O. The summed E-state index contributed by atoms with van der Waals surface area (Å²) in [5, 5.41) is 0. The molecule has 0 bridgehead atoms. The zero-order chi connectivity index (χ0) is 16.4. The predicted octanol–water partition coefficient (Wildman–Crippen LogP) is 6.50. The van der Waals surface area contributed by atoms with Crippen LogP contribution in [0, 0.1) is 5.41 Å². The van der Waals surface area contributed by atoms with Gasteiger partial charge in [-0.2, -0.15) is 0 Å². The van der Waals surface area contributed by atoms with Gasteiger partial charge in [0.15, 0.2) is 0 Å². The number of para-hydroxylation sites is 1. The summed E-state index contributed by atoms with van der Waals surface area (Å²) < 4.78 is 6.77. The lowest BCUT2D eigenvalue weighted by Crippen LogP contribution is -2.64. The Kier molecular flexibility index (Phi) is 4.94. The second-order valence-electron chi connectivity index (χ2n) is 6.88. The Hall–Kier alpha value is -0.980. The second-order valence-corrected chi connectivity index (χ2v) is 6.88. The first-order valence-corrected chi connectivity index (χ1v) is 9.35. The maximum Gasteiger partial charge on any atom is 0.123 e. The lowest BCUT2D eigenvalue weighted by molar-refractivity contribution is -0.143. The standard InChI is InChI=1S/C21H34O/c1-7-19(8-2)17-15-13-14-16-18(17)22-21(11-5,12-6)20(19,9-3)10-4/h13-16H,7-12H2,1-6H3. The van der Waals surface area contributed by atoms with Gasteiger partial charge in [0.05, 0.1) is 0 Å². The molecule has 124 valence electrons. The summed E-state index contributed by atoms with van der Waals surface area (Å²) in [5.41, 5.74) is 1.83. The molecule has 0 radical (unpaired) electrons. The van der Waals surface area contributed by atoms with Crippen molar-refractivity contribution in [1.29, 1.82) is 0 Å². The van der Waals surface area contributed by atoms with Gasteiger partial charge in [-0.15, -0.1) is 0 Å². The van der Waals surface area contributed by atoms with Crippen LogP contribution in [-0.2, 0) is 5.41 Å². The van der Waals surface area contributed by atoms with Crippen molar-refractivity contribution in [2.24, 2.45) is 5.41 Å². The summed E-state index contributed by atoms with van der Waals surface area (Å²) in [6.45, 7) is 14.1. The first-order chi connectivity index (χ1) is 10.6. The molecule has 0 saturated carbocycles. The van der Waals surface area contributed by atoms with Gasteiger partial charge in [0, 0.05) is 16.4 Å². The first-order valence-electron chi connectivity index (χ1n) is 9.35. The van der Waals surface area contributed by atoms with E-state index < -0.39 is 0 Å². The van der Waals surface area contributed by atoms with Crippen LogP contribution in [0.4, 0.5) is 0 Å². The number of rotatable bonds is 6. The molecule has 0 spiro atoms. The van der Waals surface area contributed by atoms with Gasteiger partial charge in [0.2, 0.25) is 0 Å². The normalized spacial score (nSPS) is 21.0. The molecule has 0 aliphatic carbocycles. The molecule has 1 heterocycles. The van der Waals surface area contributed by atoms with Gasteiger partial charge in [-0.05, 0) is 44.6 Å². The minimum atomic E-state index is -0.0448. The Morgan fingerprint density at radius 3 is 1.73 bits per heavy atom. The molecule has 0 fully saturated rings. The van der Waals surface area contributed by atoms with E-state index in [-0.39, 0.29) is 16.4 Å². The molecule has 1 aliphatic heterocycles. The molecule has 1 nitrogen and oxygen atoms in total. The van der Waals surface area contributed by atoms with Gasteiger partial charge in [-0.3, -0.25) is 0 Å². The largest absolute Gasteiger partial charge is 0.486 e. The van der Waals surface area contributed by atoms with Crippen LogP contribution in [-0.4, -0.2) is 5.60 Å². The Balaban J connectivity index is 2.85. The first kappa shape index (κ1) is 17.4. The molecule has 1 aromatic carbocycles. The topological polar surface area (TPSA) is 9.23 Å². The van der Waals surface area contributed by atoms with Crippen molar-refractivity contribution in [2.75, 3.05) is 0 Å². The Bertz CT molecular complexity index is 490. The van der Waals surface area contributed by atoms with Gasteiger partial charge in [-0.25, -0.2) is 0 Å². The number of hydrogen-bond donors (Lipinski definition) is 0. The molecule has 2 rings (SSSR count). The van der Waals surface area contributed by atoms with Crippen molar-refractivity contribution in [1.82, 2.24) is 0 Å². The highest BCUT2D eigenvalue weighted by atomic mass is 16.5. The van der Waals surface area contributed by atoms with Gasteiger partial charge in [0.1, 0.15) is 11.4 Å². The lowest BCUT2D eigenvalue weighted by atomic mass is 9.46. The zero-order valence-electron chi connectivity index (χ0n) is 15.5. The molecule has 0 atom stereocenters. The fourth-order valence-corrected chi connectivity index (χ4v) is 5.90. The van der Waals surface area contributed by atoms with Gasteiger partial charge < -0.3 is 4.74 Å². The third-order valence-electron chi connectivity index (χ3n) is 7.05. The molecule has 0 aromatic heterocycles.